The number of aromatic nitrogens is 1. The number of rotatable bonds is 7. The molecule has 1 amide bonds. The van der Waals surface area contributed by atoms with Gasteiger partial charge in [0, 0.05) is 12.2 Å². The number of carbonyl (C=O) groups excluding carboxylic acids is 1. The average Bonchev–Trinajstić information content (AvgIpc) is 3.02. The molecule has 0 aliphatic heterocycles. The molecule has 3 rings (SSSR count). The van der Waals surface area contributed by atoms with E-state index in [1.807, 2.05) is 48.5 Å². The Labute approximate surface area is 149 Å². The highest BCUT2D eigenvalue weighted by Crippen LogP contribution is 2.29. The van der Waals surface area contributed by atoms with E-state index in [1.165, 1.54) is 4.70 Å². The van der Waals surface area contributed by atoms with Gasteiger partial charge in [0.25, 0.3) is 0 Å². The molecular weight excluding hydrogens is 338 g/mol. The van der Waals surface area contributed by atoms with E-state index in [4.69, 9.17) is 0 Å². The summed E-state index contributed by atoms with van der Waals surface area (Å²) < 4.78 is 2.26. The first-order valence-electron chi connectivity index (χ1n) is 7.66. The van der Waals surface area contributed by atoms with E-state index < -0.39 is 0 Å². The van der Waals surface area contributed by atoms with Gasteiger partial charge in [0.15, 0.2) is 4.34 Å². The van der Waals surface area contributed by atoms with Gasteiger partial charge in [0.1, 0.15) is 0 Å². The molecule has 122 valence electrons. The van der Waals surface area contributed by atoms with Crippen molar-refractivity contribution in [1.82, 2.24) is 10.4 Å². The Kier molecular flexibility index (Phi) is 5.98. The van der Waals surface area contributed by atoms with E-state index in [1.54, 1.807) is 29.3 Å². The number of para-hydroxylation sites is 1. The van der Waals surface area contributed by atoms with Crippen LogP contribution in [-0.4, -0.2) is 22.9 Å². The highest BCUT2D eigenvalue weighted by molar-refractivity contribution is 8.01. The normalized spacial score (nSPS) is 11.2. The standard InChI is InChI=1S/C18H17N3OS2/c22-17(21-19-13-14-7-2-1-3-8-14)11-6-12-23-18-20-15-9-4-5-10-16(15)24-18/h1-5,7-10,13H,6,11-12H2,(H,21,22)/b19-13+. The van der Waals surface area contributed by atoms with Crippen molar-refractivity contribution < 1.29 is 4.79 Å². The fraction of sp³-hybridized carbons (Fsp3) is 0.167. The summed E-state index contributed by atoms with van der Waals surface area (Å²) >= 11 is 3.39. The summed E-state index contributed by atoms with van der Waals surface area (Å²) in [6.45, 7) is 0. The van der Waals surface area contributed by atoms with Gasteiger partial charge in [-0.05, 0) is 24.1 Å². The van der Waals surface area contributed by atoms with Gasteiger partial charge >= 0.3 is 0 Å². The molecule has 1 heterocycles. The molecule has 0 fully saturated rings. The molecule has 0 saturated carbocycles. The molecule has 0 atom stereocenters. The molecule has 4 nitrogen and oxygen atoms in total. The topological polar surface area (TPSA) is 54.4 Å². The molecule has 0 bridgehead atoms. The van der Waals surface area contributed by atoms with E-state index in [0.29, 0.717) is 6.42 Å². The Morgan fingerprint density at radius 2 is 1.96 bits per heavy atom. The molecule has 24 heavy (non-hydrogen) atoms. The minimum Gasteiger partial charge on any atom is -0.273 e. The molecule has 0 unspecified atom stereocenters. The van der Waals surface area contributed by atoms with Gasteiger partial charge in [0.2, 0.25) is 5.91 Å². The zero-order valence-corrected chi connectivity index (χ0v) is 14.6. The number of hydrogen-bond acceptors (Lipinski definition) is 5. The summed E-state index contributed by atoms with van der Waals surface area (Å²) in [6.07, 6.45) is 2.91. The maximum atomic E-state index is 11.7. The second-order valence-corrected chi connectivity index (χ2v) is 7.48. The van der Waals surface area contributed by atoms with Crippen LogP contribution in [0.3, 0.4) is 0 Å². The van der Waals surface area contributed by atoms with Crippen LogP contribution in [-0.2, 0) is 4.79 Å². The van der Waals surface area contributed by atoms with Gasteiger partial charge in [-0.25, -0.2) is 10.4 Å². The highest BCUT2D eigenvalue weighted by atomic mass is 32.2. The third-order valence-corrected chi connectivity index (χ3v) is 5.52. The van der Waals surface area contributed by atoms with Crippen molar-refractivity contribution >= 4 is 45.4 Å². The quantitative estimate of drug-likeness (QED) is 0.297. The number of hydrogen-bond donors (Lipinski definition) is 1. The molecule has 1 N–H and O–H groups in total. The molecule has 0 aliphatic carbocycles. The number of thiazole rings is 1. The van der Waals surface area contributed by atoms with E-state index >= 15 is 0 Å². The van der Waals surface area contributed by atoms with Gasteiger partial charge in [0.05, 0.1) is 16.4 Å². The van der Waals surface area contributed by atoms with Crippen LogP contribution in [0.2, 0.25) is 0 Å². The van der Waals surface area contributed by atoms with E-state index in [-0.39, 0.29) is 5.91 Å². The first-order chi connectivity index (χ1) is 11.8. The van der Waals surface area contributed by atoms with Crippen molar-refractivity contribution in [3.05, 3.63) is 60.2 Å². The summed E-state index contributed by atoms with van der Waals surface area (Å²) in [7, 11) is 0. The van der Waals surface area contributed by atoms with Crippen LogP contribution in [0.5, 0.6) is 0 Å². The smallest absolute Gasteiger partial charge is 0.240 e. The summed E-state index contributed by atoms with van der Waals surface area (Å²) in [5, 5.41) is 3.97. The third kappa shape index (κ3) is 4.91. The van der Waals surface area contributed by atoms with Crippen LogP contribution in [0.15, 0.2) is 64.0 Å². The van der Waals surface area contributed by atoms with Crippen LogP contribution in [0.1, 0.15) is 18.4 Å². The second-order valence-electron chi connectivity index (χ2n) is 5.10. The monoisotopic (exact) mass is 355 g/mol. The Morgan fingerprint density at radius 1 is 1.17 bits per heavy atom. The number of carbonyl (C=O) groups is 1. The lowest BCUT2D eigenvalue weighted by atomic mass is 10.2. The molecule has 0 radical (unpaired) electrons. The number of amides is 1. The third-order valence-electron chi connectivity index (χ3n) is 3.25. The fourth-order valence-corrected chi connectivity index (χ4v) is 4.16. The number of nitrogens with zero attached hydrogens (tertiary/aromatic N) is 2. The number of hydrazone groups is 1. The molecule has 6 heteroatoms. The van der Waals surface area contributed by atoms with Gasteiger partial charge in [-0.15, -0.1) is 11.3 Å². The van der Waals surface area contributed by atoms with Crippen LogP contribution in [0.4, 0.5) is 0 Å². The van der Waals surface area contributed by atoms with E-state index in [0.717, 1.165) is 27.6 Å². The largest absolute Gasteiger partial charge is 0.273 e. The SMILES string of the molecule is O=C(CCCSc1nc2ccccc2s1)N/N=C/c1ccccc1. The summed E-state index contributed by atoms with van der Waals surface area (Å²) in [4.78, 5) is 16.3. The minimum absolute atomic E-state index is 0.0629. The predicted octanol–water partition coefficient (Wildman–Crippen LogP) is 4.32. The number of benzene rings is 2. The Balaban J connectivity index is 1.37. The lowest BCUT2D eigenvalue weighted by Crippen LogP contribution is -2.17. The zero-order valence-electron chi connectivity index (χ0n) is 13.0. The first-order valence-corrected chi connectivity index (χ1v) is 9.47. The summed E-state index contributed by atoms with van der Waals surface area (Å²) in [5.74, 6) is 0.808. The predicted molar refractivity (Wildman–Crippen MR) is 102 cm³/mol. The van der Waals surface area contributed by atoms with Gasteiger partial charge in [-0.1, -0.05) is 54.2 Å². The summed E-state index contributed by atoms with van der Waals surface area (Å²) in [5.41, 5.74) is 4.56. The van der Waals surface area contributed by atoms with Gasteiger partial charge in [-0.2, -0.15) is 5.10 Å². The first kappa shape index (κ1) is 16.7. The molecule has 2 aromatic carbocycles. The molecule has 0 saturated heterocycles. The zero-order chi connectivity index (χ0) is 16.6. The van der Waals surface area contributed by atoms with Gasteiger partial charge < -0.3 is 0 Å². The van der Waals surface area contributed by atoms with Crippen molar-refractivity contribution in [1.29, 1.82) is 0 Å². The van der Waals surface area contributed by atoms with Crippen molar-refractivity contribution in [2.24, 2.45) is 5.10 Å². The lowest BCUT2D eigenvalue weighted by Gasteiger charge is -1.99. The number of nitrogens with one attached hydrogen (secondary N) is 1. The van der Waals surface area contributed by atoms with Crippen LogP contribution >= 0.6 is 23.1 Å². The van der Waals surface area contributed by atoms with Crippen molar-refractivity contribution in [2.75, 3.05) is 5.75 Å². The minimum atomic E-state index is -0.0629. The lowest BCUT2D eigenvalue weighted by molar-refractivity contribution is -0.121. The number of thioether (sulfide) groups is 1. The van der Waals surface area contributed by atoms with Crippen molar-refractivity contribution in [2.45, 2.75) is 17.2 Å². The maximum Gasteiger partial charge on any atom is 0.240 e. The van der Waals surface area contributed by atoms with Crippen LogP contribution in [0, 0.1) is 0 Å². The van der Waals surface area contributed by atoms with Gasteiger partial charge in [-0.3, -0.25) is 4.79 Å². The fourth-order valence-electron chi connectivity index (χ4n) is 2.08. The molecule has 1 aromatic heterocycles. The van der Waals surface area contributed by atoms with Crippen LogP contribution < -0.4 is 5.43 Å². The Bertz CT molecular complexity index is 797. The molecular formula is C18H17N3OS2. The maximum absolute atomic E-state index is 11.7. The molecule has 0 aliphatic rings. The Morgan fingerprint density at radius 3 is 2.79 bits per heavy atom. The average molecular weight is 355 g/mol. The highest BCUT2D eigenvalue weighted by Gasteiger charge is 2.04. The van der Waals surface area contributed by atoms with E-state index in [9.17, 15) is 4.79 Å². The second kappa shape index (κ2) is 8.61. The summed E-state index contributed by atoms with van der Waals surface area (Å²) in [6, 6.07) is 17.8. The number of fused-ring (bicyclic) bond motifs is 1. The van der Waals surface area contributed by atoms with Crippen LogP contribution in [0.25, 0.3) is 10.2 Å². The molecule has 0 spiro atoms. The van der Waals surface area contributed by atoms with Crippen molar-refractivity contribution in [3.8, 4) is 0 Å². The van der Waals surface area contributed by atoms with E-state index in [2.05, 4.69) is 21.6 Å². The molecule has 3 aromatic rings. The van der Waals surface area contributed by atoms with Crippen molar-refractivity contribution in [3.63, 3.8) is 0 Å². The Hall–Kier alpha value is -2.18.